The highest BCUT2D eigenvalue weighted by molar-refractivity contribution is 7.15. The van der Waals surface area contributed by atoms with Crippen molar-refractivity contribution in [3.63, 3.8) is 0 Å². The smallest absolute Gasteiger partial charge is 0.124 e. The number of benzene rings is 1. The molecule has 1 heterocycles. The second kappa shape index (κ2) is 6.72. The van der Waals surface area contributed by atoms with Crippen LogP contribution in [0.2, 0.25) is 0 Å². The Hall–Kier alpha value is -1.59. The molecule has 0 bridgehead atoms. The van der Waals surface area contributed by atoms with E-state index in [4.69, 9.17) is 14.5 Å². The van der Waals surface area contributed by atoms with E-state index in [2.05, 4.69) is 12.2 Å². The van der Waals surface area contributed by atoms with Crippen LogP contribution in [0.5, 0.6) is 11.5 Å². The maximum absolute atomic E-state index is 5.31. The van der Waals surface area contributed by atoms with E-state index in [-0.39, 0.29) is 0 Å². The first-order valence-electron chi connectivity index (χ1n) is 6.58. The van der Waals surface area contributed by atoms with Crippen LogP contribution in [0.25, 0.3) is 10.6 Å². The molecule has 5 heteroatoms. The Labute approximate surface area is 123 Å². The molecule has 0 unspecified atom stereocenters. The maximum atomic E-state index is 5.31. The van der Waals surface area contributed by atoms with E-state index in [1.807, 2.05) is 25.2 Å². The van der Waals surface area contributed by atoms with Crippen molar-refractivity contribution in [1.82, 2.24) is 10.3 Å². The van der Waals surface area contributed by atoms with Gasteiger partial charge in [-0.3, -0.25) is 0 Å². The molecular formula is C15H20N2O2S. The molecule has 1 N–H and O–H groups in total. The average Bonchev–Trinajstić information content (AvgIpc) is 2.90. The molecule has 4 nitrogen and oxygen atoms in total. The number of thiazole rings is 1. The molecule has 2 aromatic rings. The summed E-state index contributed by atoms with van der Waals surface area (Å²) in [6.07, 6.45) is 0.939. The lowest BCUT2D eigenvalue weighted by Gasteiger charge is -2.06. The molecule has 0 aliphatic heterocycles. The molecule has 0 amide bonds. The lowest BCUT2D eigenvalue weighted by Crippen LogP contribution is -2.05. The summed E-state index contributed by atoms with van der Waals surface area (Å²) in [5.74, 6) is 1.56. The van der Waals surface area contributed by atoms with E-state index < -0.39 is 0 Å². The van der Waals surface area contributed by atoms with Gasteiger partial charge in [-0.15, -0.1) is 11.3 Å². The van der Waals surface area contributed by atoms with Crippen LogP contribution in [-0.4, -0.2) is 26.3 Å². The second-order valence-corrected chi connectivity index (χ2v) is 5.46. The first-order valence-corrected chi connectivity index (χ1v) is 7.40. The highest BCUT2D eigenvalue weighted by Crippen LogP contribution is 2.33. The fourth-order valence-electron chi connectivity index (χ4n) is 2.01. The van der Waals surface area contributed by atoms with Crippen LogP contribution in [-0.2, 0) is 13.0 Å². The van der Waals surface area contributed by atoms with Gasteiger partial charge in [-0.25, -0.2) is 4.98 Å². The summed E-state index contributed by atoms with van der Waals surface area (Å²) in [5.41, 5.74) is 2.18. The first kappa shape index (κ1) is 14.8. The Balaban J connectivity index is 2.44. The zero-order valence-electron chi connectivity index (χ0n) is 12.3. The molecular weight excluding hydrogens is 272 g/mol. The van der Waals surface area contributed by atoms with E-state index >= 15 is 0 Å². The summed E-state index contributed by atoms with van der Waals surface area (Å²) >= 11 is 1.72. The Kier molecular flexibility index (Phi) is 4.98. The number of methoxy groups -OCH3 is 2. The van der Waals surface area contributed by atoms with E-state index in [1.165, 1.54) is 4.88 Å². The third-order valence-corrected chi connectivity index (χ3v) is 4.20. The lowest BCUT2D eigenvalue weighted by molar-refractivity contribution is 0.394. The van der Waals surface area contributed by atoms with Gasteiger partial charge >= 0.3 is 0 Å². The summed E-state index contributed by atoms with van der Waals surface area (Å²) in [4.78, 5) is 6.02. The fraction of sp³-hybridized carbons (Fsp3) is 0.400. The van der Waals surface area contributed by atoms with Gasteiger partial charge in [0.15, 0.2) is 0 Å². The molecule has 0 spiro atoms. The van der Waals surface area contributed by atoms with Crippen LogP contribution in [0.3, 0.4) is 0 Å². The van der Waals surface area contributed by atoms with Crippen molar-refractivity contribution in [3.8, 4) is 22.1 Å². The number of ether oxygens (including phenoxy) is 2. The molecule has 108 valence electrons. The van der Waals surface area contributed by atoms with Crippen molar-refractivity contribution in [1.29, 1.82) is 0 Å². The Morgan fingerprint density at radius 2 is 1.80 bits per heavy atom. The quantitative estimate of drug-likeness (QED) is 0.888. The van der Waals surface area contributed by atoms with Gasteiger partial charge < -0.3 is 14.8 Å². The van der Waals surface area contributed by atoms with Crippen LogP contribution in [0.1, 0.15) is 17.5 Å². The molecule has 0 atom stereocenters. The fourth-order valence-corrected chi connectivity index (χ4v) is 3.16. The van der Waals surface area contributed by atoms with Gasteiger partial charge in [-0.05, 0) is 25.6 Å². The minimum Gasteiger partial charge on any atom is -0.497 e. The lowest BCUT2D eigenvalue weighted by atomic mass is 10.2. The average molecular weight is 292 g/mol. The summed E-state index contributed by atoms with van der Waals surface area (Å²) in [6.45, 7) is 2.98. The number of rotatable bonds is 6. The minimum atomic E-state index is 0.780. The molecule has 20 heavy (non-hydrogen) atoms. The van der Waals surface area contributed by atoms with E-state index in [0.29, 0.717) is 0 Å². The van der Waals surface area contributed by atoms with E-state index in [1.54, 1.807) is 25.6 Å². The number of hydrogen-bond acceptors (Lipinski definition) is 5. The molecule has 0 fully saturated rings. The van der Waals surface area contributed by atoms with Gasteiger partial charge in [-0.2, -0.15) is 0 Å². The van der Waals surface area contributed by atoms with Crippen LogP contribution in [0.15, 0.2) is 18.2 Å². The number of nitrogens with zero attached hydrogens (tertiary/aromatic N) is 1. The molecule has 0 saturated carbocycles. The van der Waals surface area contributed by atoms with Crippen LogP contribution >= 0.6 is 11.3 Å². The third-order valence-electron chi connectivity index (χ3n) is 3.05. The Morgan fingerprint density at radius 3 is 2.30 bits per heavy atom. The van der Waals surface area contributed by atoms with Crippen LogP contribution in [0.4, 0.5) is 0 Å². The van der Waals surface area contributed by atoms with Gasteiger partial charge in [0, 0.05) is 23.1 Å². The largest absolute Gasteiger partial charge is 0.497 e. The predicted octanol–water partition coefficient (Wildman–Crippen LogP) is 3.11. The summed E-state index contributed by atoms with van der Waals surface area (Å²) in [5, 5.41) is 4.19. The number of hydrogen-bond donors (Lipinski definition) is 1. The van der Waals surface area contributed by atoms with Gasteiger partial charge in [0.1, 0.15) is 16.5 Å². The van der Waals surface area contributed by atoms with Gasteiger partial charge in [0.05, 0.1) is 19.9 Å². The van der Waals surface area contributed by atoms with Crippen molar-refractivity contribution in [2.45, 2.75) is 19.9 Å². The monoisotopic (exact) mass is 292 g/mol. The SMILES string of the molecule is CCc1nc(-c2cc(OC)cc(OC)c2)sc1CNC. The molecule has 0 saturated heterocycles. The maximum Gasteiger partial charge on any atom is 0.124 e. The minimum absolute atomic E-state index is 0.780. The van der Waals surface area contributed by atoms with E-state index in [0.717, 1.165) is 40.7 Å². The summed E-state index contributed by atoms with van der Waals surface area (Å²) < 4.78 is 10.6. The zero-order chi connectivity index (χ0) is 14.5. The Bertz CT molecular complexity index is 559. The molecule has 0 aliphatic rings. The molecule has 1 aromatic carbocycles. The van der Waals surface area contributed by atoms with Gasteiger partial charge in [-0.1, -0.05) is 6.92 Å². The highest BCUT2D eigenvalue weighted by Gasteiger charge is 2.12. The molecule has 0 aliphatic carbocycles. The van der Waals surface area contributed by atoms with E-state index in [9.17, 15) is 0 Å². The zero-order valence-corrected chi connectivity index (χ0v) is 13.1. The Morgan fingerprint density at radius 1 is 1.15 bits per heavy atom. The van der Waals surface area contributed by atoms with Crippen molar-refractivity contribution in [2.24, 2.45) is 0 Å². The number of nitrogens with one attached hydrogen (secondary N) is 1. The van der Waals surface area contributed by atoms with Crippen molar-refractivity contribution < 1.29 is 9.47 Å². The van der Waals surface area contributed by atoms with Crippen LogP contribution < -0.4 is 14.8 Å². The van der Waals surface area contributed by atoms with Gasteiger partial charge in [0.25, 0.3) is 0 Å². The molecule has 0 radical (unpaired) electrons. The third kappa shape index (κ3) is 3.11. The summed E-state index contributed by atoms with van der Waals surface area (Å²) in [7, 11) is 5.27. The summed E-state index contributed by atoms with van der Waals surface area (Å²) in [6, 6.07) is 5.85. The predicted molar refractivity (Wildman–Crippen MR) is 82.8 cm³/mol. The van der Waals surface area contributed by atoms with Crippen molar-refractivity contribution in [2.75, 3.05) is 21.3 Å². The highest BCUT2D eigenvalue weighted by atomic mass is 32.1. The normalized spacial score (nSPS) is 10.6. The number of aromatic nitrogens is 1. The van der Waals surface area contributed by atoms with Crippen molar-refractivity contribution >= 4 is 11.3 Å². The topological polar surface area (TPSA) is 43.4 Å². The second-order valence-electron chi connectivity index (χ2n) is 4.37. The van der Waals surface area contributed by atoms with Crippen LogP contribution in [0, 0.1) is 0 Å². The van der Waals surface area contributed by atoms with Crippen molar-refractivity contribution in [3.05, 3.63) is 28.8 Å². The molecule has 1 aromatic heterocycles. The van der Waals surface area contributed by atoms with Gasteiger partial charge in [0.2, 0.25) is 0 Å². The number of aryl methyl sites for hydroxylation is 1. The first-order chi connectivity index (χ1) is 9.71. The molecule has 2 rings (SSSR count). The standard InChI is InChI=1S/C15H20N2O2S/c1-5-13-14(9-16-2)20-15(17-13)10-6-11(18-3)8-12(7-10)19-4/h6-8,16H,5,9H2,1-4H3.